The molecule has 0 unspecified atom stereocenters. The monoisotopic (exact) mass is 1240 g/mol. The second-order valence-corrected chi connectivity index (χ2v) is 24.7. The predicted molar refractivity (Wildman–Crippen MR) is 331 cm³/mol. The molecular weight excluding hydrogens is 1130 g/mol. The summed E-state index contributed by atoms with van der Waals surface area (Å²) in [6, 6.07) is 1.07. The van der Waals surface area contributed by atoms with Crippen LogP contribution in [-0.4, -0.2) is 212 Å². The van der Waals surface area contributed by atoms with Gasteiger partial charge >= 0.3 is 6.03 Å². The summed E-state index contributed by atoms with van der Waals surface area (Å²) in [5.74, 6) is -4.84. The average molecular weight is 1240 g/mol. The number of methoxy groups -OCH3 is 2. The maximum atomic E-state index is 14.6. The van der Waals surface area contributed by atoms with Crippen LogP contribution >= 0.6 is 0 Å². The SMILES string of the molecule is CC[C@H](C)[C@@H]([C@@H](CC(=O)N1CCC[C@H]1[C@H](OC)[C@@H](C)C(=O)N[C@H](CO)Cc1cccc(NC(=O)[C@H](CCCNC(N)=O)NC(=O)[C@@H](NC(=O)CCOCCN2C(=O)C=CC2=O)C(C)C)c1)OC)N(C)C(=O)[C@@H](NC(=O)[C@@H]1[C@@H](C)[C@H](C)[C@H](CC)N1C)C(C)C. The number of nitrogens with one attached hydrogen (secondary N) is 6. The summed E-state index contributed by atoms with van der Waals surface area (Å²) in [6.07, 6.45) is 3.96. The Morgan fingerprint density at radius 1 is 0.841 bits per heavy atom. The minimum atomic E-state index is -1.14. The molecule has 1 aromatic rings. The van der Waals surface area contributed by atoms with Crippen molar-refractivity contribution in [3.63, 3.8) is 0 Å². The van der Waals surface area contributed by atoms with E-state index in [-0.39, 0.29) is 106 Å². The zero-order valence-electron chi connectivity index (χ0n) is 54.4. The number of anilines is 1. The third-order valence-corrected chi connectivity index (χ3v) is 18.0. The first-order valence-electron chi connectivity index (χ1n) is 31.4. The van der Waals surface area contributed by atoms with E-state index in [1.165, 1.54) is 14.2 Å². The number of primary amides is 1. The van der Waals surface area contributed by atoms with Crippen LogP contribution in [0.3, 0.4) is 0 Å². The van der Waals surface area contributed by atoms with Gasteiger partial charge in [0, 0.05) is 64.7 Å². The van der Waals surface area contributed by atoms with Gasteiger partial charge in [0.1, 0.15) is 18.1 Å². The molecule has 11 amide bonds. The van der Waals surface area contributed by atoms with Crippen LogP contribution < -0.4 is 37.6 Å². The van der Waals surface area contributed by atoms with E-state index in [0.29, 0.717) is 43.0 Å². The number of amides is 11. The predicted octanol–water partition coefficient (Wildman–Crippen LogP) is 2.48. The molecule has 3 aliphatic heterocycles. The minimum absolute atomic E-state index is 0.0103. The van der Waals surface area contributed by atoms with E-state index in [9.17, 15) is 53.1 Å². The molecule has 0 saturated carbocycles. The Hall–Kier alpha value is -6.54. The molecule has 2 fully saturated rings. The highest BCUT2D eigenvalue weighted by atomic mass is 16.5. The molecule has 0 aromatic heterocycles. The average Bonchev–Trinajstić information content (AvgIpc) is 4.35. The van der Waals surface area contributed by atoms with Crippen LogP contribution in [0.1, 0.15) is 126 Å². The maximum Gasteiger partial charge on any atom is 0.312 e. The van der Waals surface area contributed by atoms with E-state index < -0.39 is 108 Å². The summed E-state index contributed by atoms with van der Waals surface area (Å²) in [6.45, 7) is 19.5. The summed E-state index contributed by atoms with van der Waals surface area (Å²) in [5, 5.41) is 27.5. The molecule has 14 atom stereocenters. The fourth-order valence-electron chi connectivity index (χ4n) is 12.6. The first-order valence-corrected chi connectivity index (χ1v) is 31.4. The molecule has 0 spiro atoms. The number of aliphatic hydroxyl groups is 1. The first-order chi connectivity index (χ1) is 41.6. The number of hydrogen-bond donors (Lipinski definition) is 8. The van der Waals surface area contributed by atoms with Crippen molar-refractivity contribution in [2.45, 2.75) is 188 Å². The van der Waals surface area contributed by atoms with E-state index in [0.717, 1.165) is 23.5 Å². The van der Waals surface area contributed by atoms with Crippen molar-refractivity contribution in [1.29, 1.82) is 0 Å². The molecule has 25 heteroatoms. The van der Waals surface area contributed by atoms with Crippen LogP contribution in [-0.2, 0) is 63.8 Å². The van der Waals surface area contributed by atoms with Crippen molar-refractivity contribution in [2.75, 3.05) is 73.1 Å². The van der Waals surface area contributed by atoms with Gasteiger partial charge < -0.3 is 66.8 Å². The van der Waals surface area contributed by atoms with E-state index in [1.54, 1.807) is 61.9 Å². The van der Waals surface area contributed by atoms with E-state index in [4.69, 9.17) is 19.9 Å². The van der Waals surface area contributed by atoms with Crippen LogP contribution in [0.25, 0.3) is 0 Å². The number of nitrogens with two attached hydrogens (primary N) is 1. The molecule has 3 aliphatic rings. The lowest BCUT2D eigenvalue weighted by Gasteiger charge is -2.41. The fourth-order valence-corrected chi connectivity index (χ4v) is 12.6. The second kappa shape index (κ2) is 35.6. The van der Waals surface area contributed by atoms with Gasteiger partial charge in [-0.05, 0) is 92.9 Å². The Morgan fingerprint density at radius 3 is 2.09 bits per heavy atom. The lowest BCUT2D eigenvalue weighted by Crippen LogP contribution is -2.59. The smallest absolute Gasteiger partial charge is 0.312 e. The van der Waals surface area contributed by atoms with Crippen molar-refractivity contribution >= 4 is 64.9 Å². The lowest BCUT2D eigenvalue weighted by atomic mass is 9.88. The van der Waals surface area contributed by atoms with Gasteiger partial charge in [-0.2, -0.15) is 0 Å². The number of likely N-dealkylation sites (tertiary alicyclic amines) is 2. The first kappa shape index (κ1) is 73.9. The van der Waals surface area contributed by atoms with Gasteiger partial charge in [0.2, 0.25) is 41.4 Å². The highest BCUT2D eigenvalue weighted by Crippen LogP contribution is 2.36. The fraction of sp³-hybridized carbons (Fsp3) is 0.714. The van der Waals surface area contributed by atoms with Crippen LogP contribution in [0.2, 0.25) is 0 Å². The number of carbonyl (C=O) groups is 10. The molecule has 0 aliphatic carbocycles. The van der Waals surface area contributed by atoms with Gasteiger partial charge in [-0.15, -0.1) is 0 Å². The number of aliphatic hydroxyl groups excluding tert-OH is 1. The molecule has 9 N–H and O–H groups in total. The van der Waals surface area contributed by atoms with Gasteiger partial charge in [-0.3, -0.25) is 53.0 Å². The number of likely N-dealkylation sites (N-methyl/N-ethyl adjacent to an activating group) is 2. The molecule has 3 heterocycles. The number of rotatable bonds is 36. The maximum absolute atomic E-state index is 14.6. The van der Waals surface area contributed by atoms with Crippen molar-refractivity contribution in [2.24, 2.45) is 41.2 Å². The summed E-state index contributed by atoms with van der Waals surface area (Å²) in [4.78, 5) is 140. The zero-order chi connectivity index (χ0) is 65.7. The molecule has 494 valence electrons. The molecule has 4 rings (SSSR count). The van der Waals surface area contributed by atoms with Crippen LogP contribution in [0, 0.1) is 35.5 Å². The summed E-state index contributed by atoms with van der Waals surface area (Å²) in [7, 11) is 6.73. The molecular formula is C63H103N11O14. The number of nitrogens with zero attached hydrogens (tertiary/aromatic N) is 4. The van der Waals surface area contributed by atoms with Crippen molar-refractivity contribution in [3.8, 4) is 0 Å². The Kier molecular flexibility index (Phi) is 29.9. The van der Waals surface area contributed by atoms with E-state index in [1.807, 2.05) is 34.7 Å². The Balaban J connectivity index is 1.40. The van der Waals surface area contributed by atoms with Crippen LogP contribution in [0.5, 0.6) is 0 Å². The third-order valence-electron chi connectivity index (χ3n) is 18.0. The Bertz CT molecular complexity index is 2550. The molecule has 25 nitrogen and oxygen atoms in total. The lowest BCUT2D eigenvalue weighted by molar-refractivity contribution is -0.148. The van der Waals surface area contributed by atoms with Gasteiger partial charge in [0.25, 0.3) is 11.8 Å². The summed E-state index contributed by atoms with van der Waals surface area (Å²) in [5.41, 5.74) is 6.24. The van der Waals surface area contributed by atoms with Crippen LogP contribution in [0.15, 0.2) is 36.4 Å². The number of imide groups is 1. The molecule has 0 bridgehead atoms. The highest BCUT2D eigenvalue weighted by Gasteiger charge is 2.47. The third kappa shape index (κ3) is 20.2. The second-order valence-electron chi connectivity index (χ2n) is 24.7. The topological polar surface area (TPSA) is 330 Å². The van der Waals surface area contributed by atoms with E-state index in [2.05, 4.69) is 57.6 Å². The Morgan fingerprint density at radius 2 is 1.51 bits per heavy atom. The number of carbonyl (C=O) groups excluding carboxylic acids is 10. The molecule has 88 heavy (non-hydrogen) atoms. The van der Waals surface area contributed by atoms with E-state index >= 15 is 0 Å². The number of hydrogen-bond acceptors (Lipinski definition) is 15. The Labute approximate surface area is 520 Å². The van der Waals surface area contributed by atoms with Gasteiger partial charge in [-0.25, -0.2) is 4.79 Å². The highest BCUT2D eigenvalue weighted by molar-refractivity contribution is 6.12. The summed E-state index contributed by atoms with van der Waals surface area (Å²) >= 11 is 0. The zero-order valence-corrected chi connectivity index (χ0v) is 54.4. The van der Waals surface area contributed by atoms with Crippen molar-refractivity contribution < 1.29 is 67.3 Å². The number of benzene rings is 1. The normalized spacial score (nSPS) is 21.7. The largest absolute Gasteiger partial charge is 0.394 e. The van der Waals surface area contributed by atoms with Gasteiger partial charge in [-0.1, -0.05) is 87.8 Å². The van der Waals surface area contributed by atoms with Gasteiger partial charge in [0.05, 0.1) is 75.1 Å². The number of urea groups is 1. The molecule has 2 saturated heterocycles. The molecule has 1 aromatic carbocycles. The number of ether oxygens (including phenoxy) is 3. The standard InChI is InChI=1S/C63H103N11O14/c1-15-38(7)55(72(12)62(84)54(37(5)6)70-61(83)56-40(9)39(8)46(16-2)71(56)11)48(86-13)34-52(79)73-28-19-23-47(73)57(87-14)41(10)58(80)67-44(35-75)33-42-20-17-21-43(32-42)66-59(81)45(22-18-27-65-63(64)85)68-60(82)53(36(3)4)69-49(76)26-30-88-31-29-74-50(77)24-25-51(74)78/h17,20-21,24-25,32,36-41,44-48,53-57,75H,15-16,18-19,22-23,26-31,33-35H2,1-14H3,(H,66,81)(H,67,80)(H,68,82)(H,69,76)(H,70,83)(H3,64,65,85)/t38-,39-,40-,41+,44-,45-,46-,47-,48+,53-,54-,55-,56-,57+/m0/s1. The van der Waals surface area contributed by atoms with Gasteiger partial charge in [0.15, 0.2) is 0 Å². The van der Waals surface area contributed by atoms with Crippen molar-refractivity contribution in [1.82, 2.24) is 46.2 Å². The molecule has 0 radical (unpaired) electrons. The quantitative estimate of drug-likeness (QED) is 0.0354. The minimum Gasteiger partial charge on any atom is -0.394 e. The summed E-state index contributed by atoms with van der Waals surface area (Å²) < 4.78 is 17.6. The van der Waals surface area contributed by atoms with Crippen molar-refractivity contribution in [3.05, 3.63) is 42.0 Å². The van der Waals surface area contributed by atoms with Crippen LogP contribution in [0.4, 0.5) is 10.5 Å².